The molecule has 4 heteroatoms. The molecule has 0 bridgehead atoms. The van der Waals surface area contributed by atoms with Crippen molar-refractivity contribution in [2.24, 2.45) is 17.3 Å². The lowest BCUT2D eigenvalue weighted by Crippen LogP contribution is -2.35. The van der Waals surface area contributed by atoms with Gasteiger partial charge in [0.15, 0.2) is 0 Å². The fourth-order valence-electron chi connectivity index (χ4n) is 2.98. The van der Waals surface area contributed by atoms with Gasteiger partial charge in [0, 0.05) is 0 Å². The van der Waals surface area contributed by atoms with Crippen LogP contribution in [0.4, 0.5) is 0 Å². The first-order valence-corrected chi connectivity index (χ1v) is 7.08. The molecule has 0 spiro atoms. The van der Waals surface area contributed by atoms with Gasteiger partial charge in [-0.05, 0) is 49.0 Å². The highest BCUT2D eigenvalue weighted by Crippen LogP contribution is 2.48. The summed E-state index contributed by atoms with van der Waals surface area (Å²) in [5.74, 6) is -2.32. The van der Waals surface area contributed by atoms with Crippen LogP contribution in [0.15, 0.2) is 37.0 Å². The van der Waals surface area contributed by atoms with Crippen molar-refractivity contribution in [1.29, 1.82) is 0 Å². The van der Waals surface area contributed by atoms with Gasteiger partial charge >= 0.3 is 11.9 Å². The Bertz CT molecular complexity index is 477. The standard InChI is InChI=1S/C17H24O4/c1-6-17(5)8-7-13(11(2)3)9-14(17)12(4)10-21-16(20)15(18)19/h6,13-14H,1-2,4,7-10H2,3,5H3,(H,18,19)/t13-,14+,17-/m1/s1. The first kappa shape index (κ1) is 17.2. The zero-order valence-corrected chi connectivity index (χ0v) is 12.9. The number of carbonyl (C=O) groups is 2. The van der Waals surface area contributed by atoms with E-state index in [9.17, 15) is 9.59 Å². The number of aliphatic carboxylic acids is 1. The van der Waals surface area contributed by atoms with E-state index >= 15 is 0 Å². The Morgan fingerprint density at radius 1 is 1.43 bits per heavy atom. The van der Waals surface area contributed by atoms with Gasteiger partial charge in [-0.15, -0.1) is 6.58 Å². The Labute approximate surface area is 126 Å². The number of esters is 1. The summed E-state index contributed by atoms with van der Waals surface area (Å²) in [6.07, 6.45) is 4.82. The first-order valence-electron chi connectivity index (χ1n) is 7.08. The van der Waals surface area contributed by atoms with E-state index in [0.29, 0.717) is 5.92 Å². The molecular weight excluding hydrogens is 268 g/mol. The first-order chi connectivity index (χ1) is 9.71. The number of ether oxygens (including phenoxy) is 1. The lowest BCUT2D eigenvalue weighted by atomic mass is 9.61. The summed E-state index contributed by atoms with van der Waals surface area (Å²) in [5.41, 5.74) is 1.76. The molecule has 21 heavy (non-hydrogen) atoms. The number of hydrogen-bond acceptors (Lipinski definition) is 3. The molecular formula is C17H24O4. The number of rotatable bonds is 5. The number of hydrogen-bond donors (Lipinski definition) is 1. The minimum Gasteiger partial charge on any atom is -0.473 e. The summed E-state index contributed by atoms with van der Waals surface area (Å²) in [6.45, 7) is 16.0. The van der Waals surface area contributed by atoms with Crippen LogP contribution in [-0.2, 0) is 14.3 Å². The quantitative estimate of drug-likeness (QED) is 0.479. The monoisotopic (exact) mass is 292 g/mol. The molecule has 1 rings (SSSR count). The van der Waals surface area contributed by atoms with Gasteiger partial charge in [-0.3, -0.25) is 0 Å². The predicted molar refractivity (Wildman–Crippen MR) is 81.7 cm³/mol. The Balaban J connectivity index is 2.80. The van der Waals surface area contributed by atoms with Crippen molar-refractivity contribution < 1.29 is 19.4 Å². The minimum absolute atomic E-state index is 0.0673. The maximum absolute atomic E-state index is 11.0. The van der Waals surface area contributed by atoms with Crippen LogP contribution in [-0.4, -0.2) is 23.7 Å². The lowest BCUT2D eigenvalue weighted by molar-refractivity contribution is -0.163. The molecule has 0 aliphatic heterocycles. The summed E-state index contributed by atoms with van der Waals surface area (Å²) in [5, 5.41) is 8.54. The van der Waals surface area contributed by atoms with Gasteiger partial charge in [-0.1, -0.05) is 31.7 Å². The van der Waals surface area contributed by atoms with Crippen LogP contribution >= 0.6 is 0 Å². The van der Waals surface area contributed by atoms with E-state index < -0.39 is 11.9 Å². The van der Waals surface area contributed by atoms with E-state index in [-0.39, 0.29) is 17.9 Å². The third-order valence-corrected chi connectivity index (χ3v) is 4.57. The Morgan fingerprint density at radius 3 is 2.52 bits per heavy atom. The molecule has 0 heterocycles. The van der Waals surface area contributed by atoms with Crippen LogP contribution in [0.3, 0.4) is 0 Å². The molecule has 4 nitrogen and oxygen atoms in total. The highest BCUT2D eigenvalue weighted by molar-refractivity contribution is 6.28. The minimum atomic E-state index is -1.59. The predicted octanol–water partition coefficient (Wildman–Crippen LogP) is 3.36. The maximum Gasteiger partial charge on any atom is 0.417 e. The molecule has 1 fully saturated rings. The molecule has 0 amide bonds. The van der Waals surface area contributed by atoms with E-state index in [2.05, 4.69) is 26.7 Å². The normalized spacial score (nSPS) is 28.5. The van der Waals surface area contributed by atoms with Crippen molar-refractivity contribution >= 4 is 11.9 Å². The topological polar surface area (TPSA) is 63.6 Å². The summed E-state index contributed by atoms with van der Waals surface area (Å²) in [7, 11) is 0. The fourth-order valence-corrected chi connectivity index (χ4v) is 2.98. The average Bonchev–Trinajstić information content (AvgIpc) is 2.44. The zero-order chi connectivity index (χ0) is 16.2. The lowest BCUT2D eigenvalue weighted by Gasteiger charge is -2.44. The molecule has 116 valence electrons. The van der Waals surface area contributed by atoms with Crippen LogP contribution in [0, 0.1) is 17.3 Å². The Morgan fingerprint density at radius 2 is 2.05 bits per heavy atom. The summed E-state index contributed by atoms with van der Waals surface area (Å²) in [6, 6.07) is 0. The Hall–Kier alpha value is -1.84. The highest BCUT2D eigenvalue weighted by atomic mass is 16.6. The summed E-state index contributed by atoms with van der Waals surface area (Å²) in [4.78, 5) is 21.5. The van der Waals surface area contributed by atoms with Crippen molar-refractivity contribution in [3.63, 3.8) is 0 Å². The highest BCUT2D eigenvalue weighted by Gasteiger charge is 2.39. The number of carboxylic acids is 1. The van der Waals surface area contributed by atoms with Crippen molar-refractivity contribution in [2.45, 2.75) is 33.1 Å². The van der Waals surface area contributed by atoms with E-state index in [0.717, 1.165) is 30.4 Å². The van der Waals surface area contributed by atoms with Gasteiger partial charge < -0.3 is 9.84 Å². The molecule has 0 unspecified atom stereocenters. The third kappa shape index (κ3) is 4.06. The molecule has 0 radical (unpaired) electrons. The van der Waals surface area contributed by atoms with E-state index in [1.165, 1.54) is 0 Å². The van der Waals surface area contributed by atoms with Gasteiger partial charge in [-0.25, -0.2) is 9.59 Å². The molecule has 0 aromatic heterocycles. The molecule has 1 aliphatic rings. The number of allylic oxidation sites excluding steroid dienone is 2. The number of carboxylic acid groups (broad SMARTS) is 1. The molecule has 1 saturated carbocycles. The average molecular weight is 292 g/mol. The van der Waals surface area contributed by atoms with Gasteiger partial charge in [-0.2, -0.15) is 0 Å². The molecule has 3 atom stereocenters. The van der Waals surface area contributed by atoms with Crippen molar-refractivity contribution in [3.05, 3.63) is 37.0 Å². The van der Waals surface area contributed by atoms with Crippen molar-refractivity contribution in [2.75, 3.05) is 6.61 Å². The van der Waals surface area contributed by atoms with Crippen molar-refractivity contribution in [1.82, 2.24) is 0 Å². The van der Waals surface area contributed by atoms with E-state index in [1.54, 1.807) is 0 Å². The second kappa shape index (κ2) is 6.74. The second-order valence-corrected chi connectivity index (χ2v) is 6.12. The zero-order valence-electron chi connectivity index (χ0n) is 12.9. The summed E-state index contributed by atoms with van der Waals surface area (Å²) < 4.78 is 4.76. The van der Waals surface area contributed by atoms with Gasteiger partial charge in [0.05, 0.1) is 0 Å². The smallest absolute Gasteiger partial charge is 0.417 e. The van der Waals surface area contributed by atoms with Gasteiger partial charge in [0.1, 0.15) is 6.61 Å². The molecule has 0 saturated heterocycles. The fraction of sp³-hybridized carbons (Fsp3) is 0.529. The molecule has 1 N–H and O–H groups in total. The van der Waals surface area contributed by atoms with Crippen LogP contribution in [0.1, 0.15) is 33.1 Å². The summed E-state index contributed by atoms with van der Waals surface area (Å²) >= 11 is 0. The largest absolute Gasteiger partial charge is 0.473 e. The van der Waals surface area contributed by atoms with E-state index in [1.807, 2.05) is 13.0 Å². The van der Waals surface area contributed by atoms with Gasteiger partial charge in [0.2, 0.25) is 0 Å². The third-order valence-electron chi connectivity index (χ3n) is 4.57. The molecule has 1 aliphatic carbocycles. The Kier molecular flexibility index (Phi) is 5.53. The number of carbonyl (C=O) groups excluding carboxylic acids is 1. The van der Waals surface area contributed by atoms with Crippen LogP contribution < -0.4 is 0 Å². The molecule has 0 aromatic rings. The van der Waals surface area contributed by atoms with Crippen molar-refractivity contribution in [3.8, 4) is 0 Å². The maximum atomic E-state index is 11.0. The van der Waals surface area contributed by atoms with Gasteiger partial charge in [0.25, 0.3) is 0 Å². The van der Waals surface area contributed by atoms with E-state index in [4.69, 9.17) is 9.84 Å². The second-order valence-electron chi connectivity index (χ2n) is 6.12. The van der Waals surface area contributed by atoms with Crippen LogP contribution in [0.5, 0.6) is 0 Å². The SMILES string of the molecule is C=C[C@]1(C)CC[C@@H](C(=C)C)C[C@H]1C(=C)COC(=O)C(=O)O. The van der Waals surface area contributed by atoms with Crippen LogP contribution in [0.25, 0.3) is 0 Å². The van der Waals surface area contributed by atoms with Crippen LogP contribution in [0.2, 0.25) is 0 Å². The molecule has 0 aromatic carbocycles.